The molecule has 0 aromatic heterocycles. The molecule has 0 unspecified atom stereocenters. The van der Waals surface area contributed by atoms with Crippen LogP contribution in [0.5, 0.6) is 0 Å². The minimum absolute atomic E-state index is 0.269. The summed E-state index contributed by atoms with van der Waals surface area (Å²) in [6.45, 7) is 3.96. The molecule has 3 aliphatic rings. The van der Waals surface area contributed by atoms with Crippen LogP contribution in [0.2, 0.25) is 0 Å². The number of rotatable bonds is 6. The zero-order chi connectivity index (χ0) is 20.2. The molecule has 0 radical (unpaired) electrons. The number of hydrogen-bond acceptors (Lipinski definition) is 4. The molecule has 29 heavy (non-hydrogen) atoms. The van der Waals surface area contributed by atoms with Crippen LogP contribution in [0.25, 0.3) is 0 Å². The number of carbonyl (C=O) groups is 3. The van der Waals surface area contributed by atoms with Crippen LogP contribution in [0.3, 0.4) is 0 Å². The molecule has 2 saturated heterocycles. The zero-order valence-electron chi connectivity index (χ0n) is 16.8. The van der Waals surface area contributed by atoms with Crippen LogP contribution in [-0.4, -0.2) is 67.0 Å². The summed E-state index contributed by atoms with van der Waals surface area (Å²) in [5.41, 5.74) is 2.49. The minimum atomic E-state index is -0.675. The van der Waals surface area contributed by atoms with Gasteiger partial charge in [0.05, 0.1) is 26.2 Å². The molecule has 0 bridgehead atoms. The predicted octanol–water partition coefficient (Wildman–Crippen LogP) is 1.03. The lowest BCUT2D eigenvalue weighted by molar-refractivity contribution is -0.907. The fourth-order valence-electron chi connectivity index (χ4n) is 4.38. The monoisotopic (exact) mass is 397 g/mol. The highest BCUT2D eigenvalue weighted by Gasteiger charge is 2.46. The van der Waals surface area contributed by atoms with E-state index < -0.39 is 17.8 Å². The largest absolute Gasteiger partial charge is 0.360 e. The molecule has 1 N–H and O–H groups in total. The van der Waals surface area contributed by atoms with Gasteiger partial charge in [0.2, 0.25) is 0 Å². The van der Waals surface area contributed by atoms with Crippen molar-refractivity contribution in [1.29, 1.82) is 0 Å². The first kappa shape index (κ1) is 19.6. The van der Waals surface area contributed by atoms with Crippen LogP contribution >= 0.6 is 0 Å². The summed E-state index contributed by atoms with van der Waals surface area (Å²) in [6, 6.07) is 9.80. The molecule has 1 aliphatic carbocycles. The van der Waals surface area contributed by atoms with Gasteiger partial charge in [-0.05, 0) is 44.2 Å². The molecule has 4 rings (SSSR count). The second-order valence-corrected chi connectivity index (χ2v) is 8.06. The smallest absolute Gasteiger partial charge is 0.338 e. The number of carbonyl (C=O) groups excluding carboxylic acids is 3. The van der Waals surface area contributed by atoms with Gasteiger partial charge in [-0.3, -0.25) is 14.5 Å². The fraction of sp³-hybridized carbons (Fsp3) is 0.500. The van der Waals surface area contributed by atoms with E-state index >= 15 is 0 Å². The van der Waals surface area contributed by atoms with Crippen molar-refractivity contribution < 1.29 is 19.3 Å². The Bertz CT molecular complexity index is 800. The molecule has 154 valence electrons. The van der Waals surface area contributed by atoms with Gasteiger partial charge in [0, 0.05) is 12.2 Å². The molecule has 0 spiro atoms. The number of benzene rings is 1. The first-order valence-corrected chi connectivity index (χ1v) is 10.6. The molecule has 0 atom stereocenters. The lowest BCUT2D eigenvalue weighted by Gasteiger charge is -2.34. The van der Waals surface area contributed by atoms with Crippen LogP contribution in [0.1, 0.15) is 32.1 Å². The number of hydrogen-bond donors (Lipinski definition) is 1. The van der Waals surface area contributed by atoms with Crippen molar-refractivity contribution >= 4 is 23.5 Å². The van der Waals surface area contributed by atoms with Crippen LogP contribution in [0.15, 0.2) is 42.0 Å². The van der Waals surface area contributed by atoms with Crippen molar-refractivity contribution in [2.75, 3.05) is 44.3 Å². The summed E-state index contributed by atoms with van der Waals surface area (Å²) < 4.78 is 0. The van der Waals surface area contributed by atoms with Gasteiger partial charge in [0.25, 0.3) is 0 Å². The Kier molecular flexibility index (Phi) is 5.94. The number of anilines is 1. The average molecular weight is 397 g/mol. The quantitative estimate of drug-likeness (QED) is 0.442. The van der Waals surface area contributed by atoms with Crippen molar-refractivity contribution in [3.05, 3.63) is 42.0 Å². The van der Waals surface area contributed by atoms with Gasteiger partial charge in [-0.1, -0.05) is 29.8 Å². The number of amides is 4. The van der Waals surface area contributed by atoms with Crippen molar-refractivity contribution in [2.24, 2.45) is 0 Å². The molecule has 2 fully saturated rings. The second kappa shape index (κ2) is 8.78. The van der Waals surface area contributed by atoms with Gasteiger partial charge in [-0.15, -0.1) is 0 Å². The predicted molar refractivity (Wildman–Crippen MR) is 109 cm³/mol. The topological polar surface area (TPSA) is 65.4 Å². The average Bonchev–Trinajstić information content (AvgIpc) is 2.97. The molecule has 0 saturated carbocycles. The van der Waals surface area contributed by atoms with Gasteiger partial charge in [-0.25, -0.2) is 9.69 Å². The normalized spacial score (nSPS) is 21.2. The number of quaternary nitrogens is 1. The minimum Gasteiger partial charge on any atom is -0.360 e. The fourth-order valence-corrected chi connectivity index (χ4v) is 4.38. The summed E-state index contributed by atoms with van der Waals surface area (Å²) in [5, 5.41) is 0. The third kappa shape index (κ3) is 4.34. The number of para-hydroxylation sites is 1. The van der Waals surface area contributed by atoms with Gasteiger partial charge in [0.15, 0.2) is 6.67 Å². The summed E-state index contributed by atoms with van der Waals surface area (Å²) in [6.07, 6.45) is 7.37. The molecule has 4 amide bonds. The maximum absolute atomic E-state index is 12.7. The van der Waals surface area contributed by atoms with Gasteiger partial charge in [-0.2, -0.15) is 0 Å². The van der Waals surface area contributed by atoms with Crippen molar-refractivity contribution in [2.45, 2.75) is 32.1 Å². The number of piperazine rings is 1. The summed E-state index contributed by atoms with van der Waals surface area (Å²) >= 11 is 0. The van der Waals surface area contributed by atoms with E-state index in [1.165, 1.54) is 17.7 Å². The van der Waals surface area contributed by atoms with E-state index in [-0.39, 0.29) is 6.67 Å². The third-order valence-electron chi connectivity index (χ3n) is 6.15. The van der Waals surface area contributed by atoms with Crippen molar-refractivity contribution in [3.8, 4) is 0 Å². The maximum atomic E-state index is 12.7. The highest BCUT2D eigenvalue weighted by Crippen LogP contribution is 2.21. The lowest BCUT2D eigenvalue weighted by atomic mass is 9.97. The van der Waals surface area contributed by atoms with Gasteiger partial charge < -0.3 is 9.80 Å². The van der Waals surface area contributed by atoms with Crippen LogP contribution in [0, 0.1) is 0 Å². The van der Waals surface area contributed by atoms with Crippen LogP contribution in [-0.2, 0) is 9.59 Å². The van der Waals surface area contributed by atoms with E-state index in [2.05, 4.69) is 23.1 Å². The summed E-state index contributed by atoms with van der Waals surface area (Å²) in [7, 11) is 0. The Balaban J connectivity index is 1.31. The SMILES string of the molecule is O=C1C(=O)N(C[NH+]2CCN(c3ccccc3)CC2)C(=O)N1CCC1=CCCCC1. The van der Waals surface area contributed by atoms with E-state index in [1.54, 1.807) is 0 Å². The summed E-state index contributed by atoms with van der Waals surface area (Å²) in [4.78, 5) is 43.2. The number of nitrogens with zero attached hydrogens (tertiary/aromatic N) is 3. The van der Waals surface area contributed by atoms with E-state index in [0.29, 0.717) is 13.0 Å². The molecule has 2 heterocycles. The number of nitrogens with one attached hydrogen (secondary N) is 1. The van der Waals surface area contributed by atoms with Crippen molar-refractivity contribution in [3.63, 3.8) is 0 Å². The van der Waals surface area contributed by atoms with Crippen molar-refractivity contribution in [1.82, 2.24) is 9.80 Å². The molecular weight excluding hydrogens is 368 g/mol. The van der Waals surface area contributed by atoms with E-state index in [4.69, 9.17) is 0 Å². The molecule has 1 aromatic rings. The van der Waals surface area contributed by atoms with Crippen LogP contribution < -0.4 is 9.80 Å². The number of urea groups is 1. The number of allylic oxidation sites excluding steroid dienone is 1. The highest BCUT2D eigenvalue weighted by atomic mass is 16.2. The molecule has 1 aromatic carbocycles. The Hall–Kier alpha value is -2.67. The number of imide groups is 2. The molecule has 7 nitrogen and oxygen atoms in total. The zero-order valence-corrected chi connectivity index (χ0v) is 16.8. The Morgan fingerprint density at radius 2 is 1.62 bits per heavy atom. The first-order valence-electron chi connectivity index (χ1n) is 10.6. The molecule has 2 aliphatic heterocycles. The maximum Gasteiger partial charge on any atom is 0.338 e. The first-order chi connectivity index (χ1) is 14.1. The second-order valence-electron chi connectivity index (χ2n) is 8.06. The van der Waals surface area contributed by atoms with Crippen LogP contribution in [0.4, 0.5) is 10.5 Å². The molecular formula is C22H29N4O3+. The molecule has 7 heteroatoms. The lowest BCUT2D eigenvalue weighted by Crippen LogP contribution is -3.16. The van der Waals surface area contributed by atoms with Gasteiger partial charge >= 0.3 is 17.8 Å². The van der Waals surface area contributed by atoms with E-state index in [0.717, 1.165) is 60.1 Å². The van der Waals surface area contributed by atoms with E-state index in [9.17, 15) is 14.4 Å². The summed E-state index contributed by atoms with van der Waals surface area (Å²) in [5.74, 6) is -1.35. The highest BCUT2D eigenvalue weighted by molar-refractivity contribution is 6.44. The van der Waals surface area contributed by atoms with Gasteiger partial charge in [0.1, 0.15) is 0 Å². The Morgan fingerprint density at radius 1 is 0.897 bits per heavy atom. The third-order valence-corrected chi connectivity index (χ3v) is 6.15. The Morgan fingerprint density at radius 3 is 2.31 bits per heavy atom. The Labute approximate surface area is 171 Å². The van der Waals surface area contributed by atoms with E-state index in [1.807, 2.05) is 18.2 Å². The standard InChI is InChI=1S/C22H28N4O3/c27-20-21(28)26(22(29)25(20)12-11-18-7-3-1-4-8-18)17-23-13-15-24(16-14-23)19-9-5-2-6-10-19/h2,5-7,9-10H,1,3-4,8,11-17H2/p+1.